The molecule has 8 heteroatoms. The summed E-state index contributed by atoms with van der Waals surface area (Å²) in [5, 5.41) is 2.95. The second kappa shape index (κ2) is 11.0. The van der Waals surface area contributed by atoms with Gasteiger partial charge in [-0.3, -0.25) is 4.79 Å². The van der Waals surface area contributed by atoms with Gasteiger partial charge in [0.25, 0.3) is 0 Å². The van der Waals surface area contributed by atoms with Crippen LogP contribution >= 0.6 is 0 Å². The molecule has 0 unspecified atom stereocenters. The van der Waals surface area contributed by atoms with Gasteiger partial charge < -0.3 is 15.0 Å². The summed E-state index contributed by atoms with van der Waals surface area (Å²) in [5.41, 5.74) is 2.50. The summed E-state index contributed by atoms with van der Waals surface area (Å²) >= 11 is 0. The van der Waals surface area contributed by atoms with E-state index in [0.29, 0.717) is 31.2 Å². The summed E-state index contributed by atoms with van der Waals surface area (Å²) in [6.07, 6.45) is 7.13. The Hall–Kier alpha value is -2.68. The first-order valence-corrected chi connectivity index (χ1v) is 13.0. The van der Waals surface area contributed by atoms with Gasteiger partial charge in [-0.15, -0.1) is 0 Å². The Morgan fingerprint density at radius 1 is 0.879 bits per heavy atom. The van der Waals surface area contributed by atoms with Crippen LogP contribution in [-0.2, 0) is 19.6 Å². The van der Waals surface area contributed by atoms with Crippen LogP contribution in [0.2, 0.25) is 0 Å². The molecule has 0 saturated carbocycles. The predicted molar refractivity (Wildman–Crippen MR) is 131 cm³/mol. The lowest BCUT2D eigenvalue weighted by Gasteiger charge is -2.30. The van der Waals surface area contributed by atoms with Gasteiger partial charge in [0.1, 0.15) is 0 Å². The monoisotopic (exact) mass is 469 g/mol. The van der Waals surface area contributed by atoms with E-state index in [1.807, 2.05) is 24.3 Å². The van der Waals surface area contributed by atoms with Crippen molar-refractivity contribution in [2.45, 2.75) is 30.6 Å². The zero-order valence-corrected chi connectivity index (χ0v) is 19.6. The van der Waals surface area contributed by atoms with Crippen LogP contribution in [0.5, 0.6) is 0 Å². The molecule has 2 saturated heterocycles. The zero-order chi connectivity index (χ0) is 23.1. The SMILES string of the molecule is O=C(C=Cc1ccc(S(=O)(=O)N2CCCCCC2)cc1)Nc1ccccc1N1CCOCC1. The molecule has 0 atom stereocenters. The lowest BCUT2D eigenvalue weighted by atomic mass is 10.2. The number of hydrogen-bond donors (Lipinski definition) is 1. The first kappa shape index (κ1) is 23.5. The third-order valence-corrected chi connectivity index (χ3v) is 7.94. The number of morpholine rings is 1. The van der Waals surface area contributed by atoms with Gasteiger partial charge in [-0.1, -0.05) is 37.1 Å². The molecule has 4 rings (SSSR count). The van der Waals surface area contributed by atoms with E-state index in [1.54, 1.807) is 34.6 Å². The first-order chi connectivity index (χ1) is 16.0. The van der Waals surface area contributed by atoms with Gasteiger partial charge in [-0.05, 0) is 48.7 Å². The van der Waals surface area contributed by atoms with Crippen molar-refractivity contribution in [1.82, 2.24) is 4.31 Å². The number of benzene rings is 2. The molecule has 2 heterocycles. The quantitative estimate of drug-likeness (QED) is 0.652. The molecule has 2 aromatic carbocycles. The van der Waals surface area contributed by atoms with E-state index in [2.05, 4.69) is 10.2 Å². The highest BCUT2D eigenvalue weighted by molar-refractivity contribution is 7.89. The van der Waals surface area contributed by atoms with Crippen LogP contribution in [-0.4, -0.2) is 58.0 Å². The van der Waals surface area contributed by atoms with E-state index in [4.69, 9.17) is 4.74 Å². The fraction of sp³-hybridized carbons (Fsp3) is 0.400. The lowest BCUT2D eigenvalue weighted by Crippen LogP contribution is -2.36. The van der Waals surface area contributed by atoms with Gasteiger partial charge >= 0.3 is 0 Å². The van der Waals surface area contributed by atoms with E-state index < -0.39 is 10.0 Å². The van der Waals surface area contributed by atoms with Crippen molar-refractivity contribution in [3.05, 3.63) is 60.2 Å². The highest BCUT2D eigenvalue weighted by Gasteiger charge is 2.24. The van der Waals surface area contributed by atoms with Crippen molar-refractivity contribution >= 4 is 33.4 Å². The van der Waals surface area contributed by atoms with Gasteiger partial charge in [0.15, 0.2) is 0 Å². The van der Waals surface area contributed by atoms with Gasteiger partial charge in [-0.2, -0.15) is 4.31 Å². The predicted octanol–water partition coefficient (Wildman–Crippen LogP) is 3.74. The van der Waals surface area contributed by atoms with Gasteiger partial charge in [0, 0.05) is 32.3 Å². The van der Waals surface area contributed by atoms with Crippen molar-refractivity contribution in [3.63, 3.8) is 0 Å². The highest BCUT2D eigenvalue weighted by atomic mass is 32.2. The van der Waals surface area contributed by atoms with E-state index >= 15 is 0 Å². The molecule has 2 aromatic rings. The first-order valence-electron chi connectivity index (χ1n) is 11.5. The van der Waals surface area contributed by atoms with Crippen LogP contribution in [0.25, 0.3) is 6.08 Å². The van der Waals surface area contributed by atoms with Crippen LogP contribution in [0.4, 0.5) is 11.4 Å². The fourth-order valence-corrected chi connectivity index (χ4v) is 5.70. The number of amides is 1. The zero-order valence-electron chi connectivity index (χ0n) is 18.8. The second-order valence-corrected chi connectivity index (χ2v) is 10.3. The molecule has 176 valence electrons. The molecule has 7 nitrogen and oxygen atoms in total. The maximum atomic E-state index is 12.9. The number of hydrogen-bond acceptors (Lipinski definition) is 5. The second-order valence-electron chi connectivity index (χ2n) is 8.33. The Morgan fingerprint density at radius 3 is 2.24 bits per heavy atom. The Bertz CT molecular complexity index is 1070. The van der Waals surface area contributed by atoms with Crippen molar-refractivity contribution in [2.75, 3.05) is 49.6 Å². The summed E-state index contributed by atoms with van der Waals surface area (Å²) in [6.45, 7) is 4.08. The molecule has 33 heavy (non-hydrogen) atoms. The van der Waals surface area contributed by atoms with Gasteiger partial charge in [0.05, 0.1) is 29.5 Å². The number of carbonyl (C=O) groups excluding carboxylic acids is 1. The Balaban J connectivity index is 1.40. The summed E-state index contributed by atoms with van der Waals surface area (Å²) in [6, 6.07) is 14.4. The van der Waals surface area contributed by atoms with Crippen LogP contribution in [0.1, 0.15) is 31.2 Å². The minimum atomic E-state index is -3.47. The van der Waals surface area contributed by atoms with Crippen molar-refractivity contribution < 1.29 is 17.9 Å². The van der Waals surface area contributed by atoms with Gasteiger partial charge in [-0.25, -0.2) is 8.42 Å². The van der Waals surface area contributed by atoms with E-state index in [1.165, 1.54) is 6.08 Å². The van der Waals surface area contributed by atoms with E-state index in [0.717, 1.165) is 55.7 Å². The third kappa shape index (κ3) is 6.01. The lowest BCUT2D eigenvalue weighted by molar-refractivity contribution is -0.111. The fourth-order valence-electron chi connectivity index (χ4n) is 4.19. The topological polar surface area (TPSA) is 79.0 Å². The molecule has 2 fully saturated rings. The average Bonchev–Trinajstić information content (AvgIpc) is 3.14. The number of rotatable bonds is 6. The molecule has 0 radical (unpaired) electrons. The number of para-hydroxylation sites is 2. The van der Waals surface area contributed by atoms with E-state index in [-0.39, 0.29) is 5.91 Å². The summed E-state index contributed by atoms with van der Waals surface area (Å²) in [7, 11) is -3.47. The largest absolute Gasteiger partial charge is 0.378 e. The van der Waals surface area contributed by atoms with Gasteiger partial charge in [0.2, 0.25) is 15.9 Å². The number of nitrogens with one attached hydrogen (secondary N) is 1. The average molecular weight is 470 g/mol. The molecule has 0 bridgehead atoms. The maximum Gasteiger partial charge on any atom is 0.248 e. The molecule has 0 spiro atoms. The van der Waals surface area contributed by atoms with Crippen LogP contribution in [0, 0.1) is 0 Å². The molecule has 0 aromatic heterocycles. The summed E-state index contributed by atoms with van der Waals surface area (Å²) in [5.74, 6) is -0.239. The number of carbonyl (C=O) groups is 1. The molecular formula is C25H31N3O4S. The minimum Gasteiger partial charge on any atom is -0.378 e. The molecule has 1 amide bonds. The van der Waals surface area contributed by atoms with Crippen LogP contribution in [0.3, 0.4) is 0 Å². The molecule has 1 N–H and O–H groups in total. The molecule has 2 aliphatic heterocycles. The third-order valence-electron chi connectivity index (χ3n) is 6.02. The van der Waals surface area contributed by atoms with Crippen LogP contribution in [0.15, 0.2) is 59.5 Å². The molecular weight excluding hydrogens is 438 g/mol. The summed E-state index contributed by atoms with van der Waals surface area (Å²) in [4.78, 5) is 15.0. The Morgan fingerprint density at radius 2 is 1.55 bits per heavy atom. The van der Waals surface area contributed by atoms with E-state index in [9.17, 15) is 13.2 Å². The van der Waals surface area contributed by atoms with Crippen LogP contribution < -0.4 is 10.2 Å². The number of ether oxygens (including phenoxy) is 1. The highest BCUT2D eigenvalue weighted by Crippen LogP contribution is 2.26. The normalized spacial score (nSPS) is 18.2. The number of sulfonamides is 1. The van der Waals surface area contributed by atoms with Crippen molar-refractivity contribution in [2.24, 2.45) is 0 Å². The van der Waals surface area contributed by atoms with Crippen molar-refractivity contribution in [3.8, 4) is 0 Å². The van der Waals surface area contributed by atoms with Crippen molar-refractivity contribution in [1.29, 1.82) is 0 Å². The standard InChI is InChI=1S/C25H31N3O4S/c29-25(26-23-7-3-4-8-24(23)27-17-19-32-20-18-27)14-11-21-9-12-22(13-10-21)33(30,31)28-15-5-1-2-6-16-28/h3-4,7-14H,1-2,5-6,15-20H2,(H,26,29). The molecule has 0 aliphatic carbocycles. The Kier molecular flexibility index (Phi) is 7.80. The maximum absolute atomic E-state index is 12.9. The Labute approximate surface area is 196 Å². The molecule has 2 aliphatic rings. The minimum absolute atomic E-state index is 0.239. The summed E-state index contributed by atoms with van der Waals surface area (Å²) < 4.78 is 32.8. The number of anilines is 2. The smallest absolute Gasteiger partial charge is 0.248 e. The number of nitrogens with zero attached hydrogens (tertiary/aromatic N) is 2.